The lowest BCUT2D eigenvalue weighted by Crippen LogP contribution is -2.35. The van der Waals surface area contributed by atoms with Crippen LogP contribution in [-0.2, 0) is 14.4 Å². The van der Waals surface area contributed by atoms with Crippen molar-refractivity contribution in [3.8, 4) is 0 Å². The Kier molecular flexibility index (Phi) is 4.05. The van der Waals surface area contributed by atoms with E-state index in [0.29, 0.717) is 11.3 Å². The molecule has 0 radical (unpaired) electrons. The molecule has 27 heavy (non-hydrogen) atoms. The molecule has 1 saturated carbocycles. The number of amides is 3. The SMILES string of the molecule is Cc1ccc(NC(=O)CCN2C(=O)C3C4C=CC(C4)C3C2=O)cc1[N+](=O)[O-]. The number of carbonyl (C=O) groups excluding carboxylic acids is 3. The molecule has 2 aliphatic carbocycles. The number of nitro benzene ring substituents is 1. The number of nitrogens with zero attached hydrogens (tertiary/aromatic N) is 2. The third-order valence-corrected chi connectivity index (χ3v) is 5.81. The Hall–Kier alpha value is -3.03. The Labute approximate surface area is 155 Å². The fraction of sp³-hybridized carbons (Fsp3) is 0.421. The van der Waals surface area contributed by atoms with E-state index in [4.69, 9.17) is 0 Å². The van der Waals surface area contributed by atoms with Crippen LogP contribution in [0.15, 0.2) is 30.4 Å². The number of rotatable bonds is 5. The van der Waals surface area contributed by atoms with Gasteiger partial charge in [-0.25, -0.2) is 0 Å². The topological polar surface area (TPSA) is 110 Å². The van der Waals surface area contributed by atoms with E-state index in [1.165, 1.54) is 11.0 Å². The van der Waals surface area contributed by atoms with Crippen molar-refractivity contribution in [3.05, 3.63) is 46.0 Å². The maximum atomic E-state index is 12.6. The molecule has 140 valence electrons. The number of carbonyl (C=O) groups is 3. The van der Waals surface area contributed by atoms with Crippen molar-refractivity contribution in [3.63, 3.8) is 0 Å². The molecule has 4 unspecified atom stereocenters. The quantitative estimate of drug-likeness (QED) is 0.370. The highest BCUT2D eigenvalue weighted by molar-refractivity contribution is 6.06. The predicted octanol–water partition coefficient (Wildman–Crippen LogP) is 2.04. The van der Waals surface area contributed by atoms with Gasteiger partial charge in [-0.15, -0.1) is 0 Å². The van der Waals surface area contributed by atoms with Crippen molar-refractivity contribution in [2.75, 3.05) is 11.9 Å². The average Bonchev–Trinajstić information content (AvgIpc) is 3.29. The van der Waals surface area contributed by atoms with Crippen LogP contribution in [0.1, 0.15) is 18.4 Å². The highest BCUT2D eigenvalue weighted by atomic mass is 16.6. The number of hydrogen-bond donors (Lipinski definition) is 1. The van der Waals surface area contributed by atoms with Gasteiger partial charge in [0.25, 0.3) is 5.69 Å². The summed E-state index contributed by atoms with van der Waals surface area (Å²) in [6, 6.07) is 4.44. The van der Waals surface area contributed by atoms with E-state index in [-0.39, 0.29) is 54.1 Å². The van der Waals surface area contributed by atoms with Crippen molar-refractivity contribution in [2.45, 2.75) is 19.8 Å². The normalized spacial score (nSPS) is 28.0. The lowest BCUT2D eigenvalue weighted by molar-refractivity contribution is -0.385. The summed E-state index contributed by atoms with van der Waals surface area (Å²) < 4.78 is 0. The van der Waals surface area contributed by atoms with Crippen LogP contribution in [0.25, 0.3) is 0 Å². The number of fused-ring (bicyclic) bond motifs is 5. The molecule has 1 aromatic rings. The van der Waals surface area contributed by atoms with Gasteiger partial charge in [-0.1, -0.05) is 18.2 Å². The standard InChI is InChI=1S/C19H19N3O5/c1-10-2-5-13(9-14(10)22(26)27)20-15(23)6-7-21-18(24)16-11-3-4-12(8-11)17(16)19(21)25/h2-5,9,11-12,16-17H,6-8H2,1H3,(H,20,23). The van der Waals surface area contributed by atoms with E-state index in [1.807, 2.05) is 12.2 Å². The van der Waals surface area contributed by atoms with Crippen molar-refractivity contribution in [1.82, 2.24) is 4.90 Å². The molecule has 3 aliphatic rings. The molecule has 1 aliphatic heterocycles. The molecule has 2 bridgehead atoms. The lowest BCUT2D eigenvalue weighted by atomic mass is 9.85. The molecule has 4 rings (SSSR count). The molecule has 4 atom stereocenters. The van der Waals surface area contributed by atoms with Crippen LogP contribution >= 0.6 is 0 Å². The Morgan fingerprint density at radius 1 is 1.22 bits per heavy atom. The zero-order valence-electron chi connectivity index (χ0n) is 14.8. The Morgan fingerprint density at radius 2 is 1.85 bits per heavy atom. The first kappa shape index (κ1) is 17.4. The maximum absolute atomic E-state index is 12.6. The van der Waals surface area contributed by atoms with E-state index >= 15 is 0 Å². The number of likely N-dealkylation sites (tertiary alicyclic amines) is 1. The van der Waals surface area contributed by atoms with Crippen LogP contribution in [0.3, 0.4) is 0 Å². The smallest absolute Gasteiger partial charge is 0.274 e. The van der Waals surface area contributed by atoms with Gasteiger partial charge in [-0.05, 0) is 31.2 Å². The highest BCUT2D eigenvalue weighted by Crippen LogP contribution is 2.52. The van der Waals surface area contributed by atoms with Crippen LogP contribution in [0, 0.1) is 40.7 Å². The second-order valence-electron chi connectivity index (χ2n) is 7.38. The van der Waals surface area contributed by atoms with Crippen molar-refractivity contribution in [2.24, 2.45) is 23.7 Å². The Bertz CT molecular complexity index is 863. The summed E-state index contributed by atoms with van der Waals surface area (Å²) in [5.74, 6) is -1.01. The Morgan fingerprint density at radius 3 is 2.44 bits per heavy atom. The van der Waals surface area contributed by atoms with Gasteiger partial charge in [-0.3, -0.25) is 29.4 Å². The van der Waals surface area contributed by atoms with Crippen LogP contribution in [-0.4, -0.2) is 34.1 Å². The Balaban J connectivity index is 1.38. The fourth-order valence-corrected chi connectivity index (χ4v) is 4.51. The van der Waals surface area contributed by atoms with Gasteiger partial charge in [0.2, 0.25) is 17.7 Å². The van der Waals surface area contributed by atoms with E-state index in [0.717, 1.165) is 6.42 Å². The van der Waals surface area contributed by atoms with E-state index in [9.17, 15) is 24.5 Å². The van der Waals surface area contributed by atoms with Crippen LogP contribution in [0.2, 0.25) is 0 Å². The van der Waals surface area contributed by atoms with Crippen molar-refractivity contribution in [1.29, 1.82) is 0 Å². The molecule has 8 nitrogen and oxygen atoms in total. The number of nitro groups is 1. The third-order valence-electron chi connectivity index (χ3n) is 5.81. The summed E-state index contributed by atoms with van der Waals surface area (Å²) in [5.41, 5.74) is 0.741. The molecule has 1 N–H and O–H groups in total. The monoisotopic (exact) mass is 369 g/mol. The molecule has 8 heteroatoms. The summed E-state index contributed by atoms with van der Waals surface area (Å²) in [5, 5.41) is 13.6. The fourth-order valence-electron chi connectivity index (χ4n) is 4.51. The van der Waals surface area contributed by atoms with Crippen molar-refractivity contribution < 1.29 is 19.3 Å². The molecule has 0 aromatic heterocycles. The van der Waals surface area contributed by atoms with Gasteiger partial charge in [0.05, 0.1) is 16.8 Å². The summed E-state index contributed by atoms with van der Waals surface area (Å²) >= 11 is 0. The molecule has 1 aromatic carbocycles. The zero-order valence-corrected chi connectivity index (χ0v) is 14.8. The van der Waals surface area contributed by atoms with E-state index in [2.05, 4.69) is 5.32 Å². The molecular weight excluding hydrogens is 350 g/mol. The molecule has 2 fully saturated rings. The van der Waals surface area contributed by atoms with Gasteiger partial charge in [0, 0.05) is 30.3 Å². The number of allylic oxidation sites excluding steroid dienone is 2. The molecule has 1 heterocycles. The third kappa shape index (κ3) is 2.81. The molecular formula is C19H19N3O5. The van der Waals surface area contributed by atoms with Gasteiger partial charge < -0.3 is 5.32 Å². The summed E-state index contributed by atoms with van der Waals surface area (Å²) in [6.07, 6.45) is 4.88. The number of imide groups is 1. The summed E-state index contributed by atoms with van der Waals surface area (Å²) in [7, 11) is 0. The predicted molar refractivity (Wildman–Crippen MR) is 95.5 cm³/mol. The minimum absolute atomic E-state index is 0.0316. The first-order valence-corrected chi connectivity index (χ1v) is 8.95. The maximum Gasteiger partial charge on any atom is 0.274 e. The second kappa shape index (κ2) is 6.29. The largest absolute Gasteiger partial charge is 0.326 e. The van der Waals surface area contributed by atoms with E-state index in [1.54, 1.807) is 19.1 Å². The van der Waals surface area contributed by atoms with Gasteiger partial charge >= 0.3 is 0 Å². The first-order chi connectivity index (χ1) is 12.9. The zero-order chi connectivity index (χ0) is 19.3. The van der Waals surface area contributed by atoms with Gasteiger partial charge in [-0.2, -0.15) is 0 Å². The van der Waals surface area contributed by atoms with Crippen LogP contribution < -0.4 is 5.32 Å². The van der Waals surface area contributed by atoms with E-state index < -0.39 is 10.8 Å². The average molecular weight is 369 g/mol. The summed E-state index contributed by atoms with van der Waals surface area (Å²) in [4.78, 5) is 49.0. The molecule has 1 saturated heterocycles. The van der Waals surface area contributed by atoms with Gasteiger partial charge in [0.1, 0.15) is 0 Å². The van der Waals surface area contributed by atoms with Gasteiger partial charge in [0.15, 0.2) is 0 Å². The van der Waals surface area contributed by atoms with Crippen LogP contribution in [0.5, 0.6) is 0 Å². The minimum Gasteiger partial charge on any atom is -0.326 e. The lowest BCUT2D eigenvalue weighted by Gasteiger charge is -2.17. The van der Waals surface area contributed by atoms with Crippen molar-refractivity contribution >= 4 is 29.1 Å². The highest BCUT2D eigenvalue weighted by Gasteiger charge is 2.58. The van der Waals surface area contributed by atoms with Crippen LogP contribution in [0.4, 0.5) is 11.4 Å². The number of benzene rings is 1. The second-order valence-corrected chi connectivity index (χ2v) is 7.38. The summed E-state index contributed by atoms with van der Waals surface area (Å²) in [6.45, 7) is 1.65. The number of nitrogens with one attached hydrogen (secondary N) is 1. The minimum atomic E-state index is -0.506. The number of hydrogen-bond acceptors (Lipinski definition) is 5. The number of anilines is 1. The number of aryl methyl sites for hydroxylation is 1. The molecule has 0 spiro atoms. The first-order valence-electron chi connectivity index (χ1n) is 8.95. The molecule has 3 amide bonds.